The van der Waals surface area contributed by atoms with E-state index in [1.807, 2.05) is 6.07 Å². The molecule has 178 valence electrons. The summed E-state index contributed by atoms with van der Waals surface area (Å²) >= 11 is 6.60. The van der Waals surface area contributed by atoms with E-state index in [1.165, 1.54) is 16.7 Å². The smallest absolute Gasteiger partial charge is 0.0544 e. The number of anilines is 2. The van der Waals surface area contributed by atoms with Gasteiger partial charge in [-0.2, -0.15) is 0 Å². The van der Waals surface area contributed by atoms with Gasteiger partial charge in [-0.3, -0.25) is 0 Å². The standard InChI is InChI=1S/C34H30ClN/c1-34(2,3)28-21-29(35)23-30(22-28)36-33-31(25-15-9-5-10-16-25)19-27(24-13-7-4-8-14-24)20-32(33)26-17-11-6-12-18-26/h4-23,36H,1-3H3. The number of benzene rings is 5. The molecule has 0 unspecified atom stereocenters. The molecule has 0 aliphatic rings. The average molecular weight is 488 g/mol. The van der Waals surface area contributed by atoms with Crippen LogP contribution in [0.2, 0.25) is 5.02 Å². The van der Waals surface area contributed by atoms with E-state index in [0.717, 1.165) is 38.7 Å². The van der Waals surface area contributed by atoms with Gasteiger partial charge in [0.25, 0.3) is 0 Å². The van der Waals surface area contributed by atoms with Gasteiger partial charge in [-0.05, 0) is 63.6 Å². The van der Waals surface area contributed by atoms with E-state index >= 15 is 0 Å². The maximum Gasteiger partial charge on any atom is 0.0544 e. The predicted molar refractivity (Wildman–Crippen MR) is 156 cm³/mol. The van der Waals surface area contributed by atoms with E-state index < -0.39 is 0 Å². The van der Waals surface area contributed by atoms with Crippen molar-refractivity contribution in [2.24, 2.45) is 0 Å². The lowest BCUT2D eigenvalue weighted by Gasteiger charge is -2.23. The molecule has 1 nitrogen and oxygen atoms in total. The lowest BCUT2D eigenvalue weighted by molar-refractivity contribution is 0.590. The molecule has 5 aromatic carbocycles. The van der Waals surface area contributed by atoms with Crippen molar-refractivity contribution in [1.82, 2.24) is 0 Å². The molecule has 0 aliphatic carbocycles. The van der Waals surface area contributed by atoms with Crippen molar-refractivity contribution in [3.05, 3.63) is 132 Å². The van der Waals surface area contributed by atoms with Crippen molar-refractivity contribution in [3.63, 3.8) is 0 Å². The fourth-order valence-corrected chi connectivity index (χ4v) is 4.74. The van der Waals surface area contributed by atoms with Crippen LogP contribution in [0.3, 0.4) is 0 Å². The fraction of sp³-hybridized carbons (Fsp3) is 0.118. The van der Waals surface area contributed by atoms with Gasteiger partial charge >= 0.3 is 0 Å². The summed E-state index contributed by atoms with van der Waals surface area (Å²) in [6, 6.07) is 42.6. The van der Waals surface area contributed by atoms with E-state index in [2.05, 4.69) is 141 Å². The summed E-state index contributed by atoms with van der Waals surface area (Å²) in [6.45, 7) is 6.63. The number of rotatable bonds is 5. The van der Waals surface area contributed by atoms with Crippen LogP contribution in [0.1, 0.15) is 26.3 Å². The highest BCUT2D eigenvalue weighted by molar-refractivity contribution is 6.31. The lowest BCUT2D eigenvalue weighted by Crippen LogP contribution is -2.11. The van der Waals surface area contributed by atoms with Gasteiger partial charge in [0.1, 0.15) is 0 Å². The SMILES string of the molecule is CC(C)(C)c1cc(Cl)cc(Nc2c(-c3ccccc3)cc(-c3ccccc3)cc2-c2ccccc2)c1. The monoisotopic (exact) mass is 487 g/mol. The third-order valence-electron chi connectivity index (χ3n) is 6.45. The first kappa shape index (κ1) is 23.9. The molecule has 0 aromatic heterocycles. The molecule has 5 aromatic rings. The van der Waals surface area contributed by atoms with Crippen LogP contribution in [-0.2, 0) is 5.41 Å². The molecular weight excluding hydrogens is 458 g/mol. The van der Waals surface area contributed by atoms with E-state index in [1.54, 1.807) is 0 Å². The van der Waals surface area contributed by atoms with Crippen molar-refractivity contribution >= 4 is 23.0 Å². The molecule has 0 saturated carbocycles. The van der Waals surface area contributed by atoms with Gasteiger partial charge < -0.3 is 5.32 Å². The number of nitrogens with one attached hydrogen (secondary N) is 1. The second kappa shape index (κ2) is 10.0. The minimum absolute atomic E-state index is 0.0109. The van der Waals surface area contributed by atoms with Crippen molar-refractivity contribution < 1.29 is 0 Å². The Labute approximate surface area is 219 Å². The zero-order valence-electron chi connectivity index (χ0n) is 20.9. The lowest BCUT2D eigenvalue weighted by atomic mass is 9.86. The molecule has 0 bridgehead atoms. The molecule has 36 heavy (non-hydrogen) atoms. The zero-order valence-corrected chi connectivity index (χ0v) is 21.7. The largest absolute Gasteiger partial charge is 0.354 e. The Hall–Kier alpha value is -3.81. The zero-order chi connectivity index (χ0) is 25.1. The Morgan fingerprint density at radius 1 is 0.528 bits per heavy atom. The Kier molecular flexibility index (Phi) is 6.67. The third kappa shape index (κ3) is 5.22. The van der Waals surface area contributed by atoms with E-state index in [9.17, 15) is 0 Å². The van der Waals surface area contributed by atoms with E-state index in [0.29, 0.717) is 0 Å². The molecule has 1 N–H and O–H groups in total. The highest BCUT2D eigenvalue weighted by Gasteiger charge is 2.18. The maximum absolute atomic E-state index is 6.60. The molecular formula is C34H30ClN. The number of halogens is 1. The van der Waals surface area contributed by atoms with Gasteiger partial charge in [-0.25, -0.2) is 0 Å². The second-order valence-corrected chi connectivity index (χ2v) is 10.6. The summed E-state index contributed by atoms with van der Waals surface area (Å²) in [5.74, 6) is 0. The van der Waals surface area contributed by atoms with Crippen LogP contribution in [0, 0.1) is 0 Å². The predicted octanol–water partition coefficient (Wildman–Crippen LogP) is 10.4. The third-order valence-corrected chi connectivity index (χ3v) is 6.67. The summed E-state index contributed by atoms with van der Waals surface area (Å²) in [6.07, 6.45) is 0. The molecule has 0 saturated heterocycles. The Morgan fingerprint density at radius 3 is 1.47 bits per heavy atom. The van der Waals surface area contributed by atoms with Crippen LogP contribution in [0.5, 0.6) is 0 Å². The quantitative estimate of drug-likeness (QED) is 0.260. The highest BCUT2D eigenvalue weighted by atomic mass is 35.5. The summed E-state index contributed by atoms with van der Waals surface area (Å²) in [7, 11) is 0. The Bertz CT molecular complexity index is 1410. The van der Waals surface area contributed by atoms with Gasteiger partial charge in [-0.1, -0.05) is 123 Å². The maximum atomic E-state index is 6.60. The van der Waals surface area contributed by atoms with Crippen LogP contribution < -0.4 is 5.32 Å². The van der Waals surface area contributed by atoms with Crippen molar-refractivity contribution in [2.45, 2.75) is 26.2 Å². The first-order valence-electron chi connectivity index (χ1n) is 12.3. The Balaban J connectivity index is 1.77. The van der Waals surface area contributed by atoms with Crippen LogP contribution in [0.25, 0.3) is 33.4 Å². The van der Waals surface area contributed by atoms with Crippen LogP contribution >= 0.6 is 11.6 Å². The van der Waals surface area contributed by atoms with Crippen molar-refractivity contribution in [2.75, 3.05) is 5.32 Å². The first-order valence-corrected chi connectivity index (χ1v) is 12.7. The highest BCUT2D eigenvalue weighted by Crippen LogP contribution is 2.43. The molecule has 0 spiro atoms. The molecule has 5 rings (SSSR count). The fourth-order valence-electron chi connectivity index (χ4n) is 4.50. The molecule has 0 amide bonds. The summed E-state index contributed by atoms with van der Waals surface area (Å²) in [5, 5.41) is 4.52. The molecule has 0 radical (unpaired) electrons. The van der Waals surface area contributed by atoms with Crippen molar-refractivity contribution in [1.29, 1.82) is 0 Å². The van der Waals surface area contributed by atoms with E-state index in [-0.39, 0.29) is 5.41 Å². The average Bonchev–Trinajstić information content (AvgIpc) is 2.89. The summed E-state index contributed by atoms with van der Waals surface area (Å²) < 4.78 is 0. The molecule has 0 fully saturated rings. The Morgan fingerprint density at radius 2 is 1.00 bits per heavy atom. The first-order chi connectivity index (χ1) is 17.4. The van der Waals surface area contributed by atoms with Crippen molar-refractivity contribution in [3.8, 4) is 33.4 Å². The summed E-state index contributed by atoms with van der Waals surface area (Å²) in [5.41, 5.74) is 10.2. The molecule has 0 atom stereocenters. The molecule has 2 heteroatoms. The van der Waals surface area contributed by atoms with Gasteiger partial charge in [0.05, 0.1) is 5.69 Å². The van der Waals surface area contributed by atoms with Crippen LogP contribution in [-0.4, -0.2) is 0 Å². The molecule has 0 heterocycles. The minimum atomic E-state index is -0.0109. The minimum Gasteiger partial charge on any atom is -0.354 e. The van der Waals surface area contributed by atoms with Crippen LogP contribution in [0.15, 0.2) is 121 Å². The number of hydrogen-bond donors (Lipinski definition) is 1. The second-order valence-electron chi connectivity index (χ2n) is 10.1. The number of hydrogen-bond acceptors (Lipinski definition) is 1. The topological polar surface area (TPSA) is 12.0 Å². The van der Waals surface area contributed by atoms with Gasteiger partial charge in [-0.15, -0.1) is 0 Å². The summed E-state index contributed by atoms with van der Waals surface area (Å²) in [4.78, 5) is 0. The molecule has 0 aliphatic heterocycles. The van der Waals surface area contributed by atoms with Gasteiger partial charge in [0.2, 0.25) is 0 Å². The van der Waals surface area contributed by atoms with Gasteiger partial charge in [0.15, 0.2) is 0 Å². The normalized spacial score (nSPS) is 11.3. The van der Waals surface area contributed by atoms with E-state index in [4.69, 9.17) is 11.6 Å². The van der Waals surface area contributed by atoms with Gasteiger partial charge in [0, 0.05) is 21.8 Å². The van der Waals surface area contributed by atoms with Crippen LogP contribution in [0.4, 0.5) is 11.4 Å².